The van der Waals surface area contributed by atoms with E-state index in [0.29, 0.717) is 22.3 Å². The molecular formula is C19H17N5O3S. The van der Waals surface area contributed by atoms with Crippen molar-refractivity contribution in [2.75, 3.05) is 19.5 Å². The van der Waals surface area contributed by atoms with Gasteiger partial charge in [0, 0.05) is 35.2 Å². The number of anilines is 1. The van der Waals surface area contributed by atoms with Crippen LogP contribution < -0.4 is 14.8 Å². The fourth-order valence-electron chi connectivity index (χ4n) is 2.87. The molecule has 0 bridgehead atoms. The summed E-state index contributed by atoms with van der Waals surface area (Å²) in [6, 6.07) is 5.59. The van der Waals surface area contributed by atoms with E-state index in [-0.39, 0.29) is 11.6 Å². The SMILES string of the molecule is COc1ccc(-c2nc(NC(=O)c3nccn4ccnc34)sc2C)cc1OC. The van der Waals surface area contributed by atoms with Crippen LogP contribution in [0.3, 0.4) is 0 Å². The van der Waals surface area contributed by atoms with E-state index in [9.17, 15) is 4.79 Å². The third kappa shape index (κ3) is 3.16. The van der Waals surface area contributed by atoms with Crippen molar-refractivity contribution in [3.63, 3.8) is 0 Å². The van der Waals surface area contributed by atoms with Gasteiger partial charge in [-0.15, -0.1) is 11.3 Å². The molecule has 1 amide bonds. The van der Waals surface area contributed by atoms with Crippen molar-refractivity contribution < 1.29 is 14.3 Å². The first-order chi connectivity index (χ1) is 13.6. The molecule has 0 unspecified atom stereocenters. The van der Waals surface area contributed by atoms with E-state index in [1.165, 1.54) is 11.3 Å². The molecule has 0 atom stereocenters. The summed E-state index contributed by atoms with van der Waals surface area (Å²) in [7, 11) is 3.18. The molecule has 8 nitrogen and oxygen atoms in total. The highest BCUT2D eigenvalue weighted by atomic mass is 32.1. The Morgan fingerprint density at radius 1 is 1.11 bits per heavy atom. The molecule has 142 valence electrons. The van der Waals surface area contributed by atoms with Crippen molar-refractivity contribution in [1.29, 1.82) is 0 Å². The molecule has 3 aromatic heterocycles. The second-order valence-electron chi connectivity index (χ2n) is 5.88. The largest absolute Gasteiger partial charge is 0.493 e. The number of aryl methyl sites for hydroxylation is 1. The van der Waals surface area contributed by atoms with Crippen LogP contribution in [-0.2, 0) is 0 Å². The van der Waals surface area contributed by atoms with Gasteiger partial charge in [-0.2, -0.15) is 0 Å². The molecule has 0 aliphatic rings. The Labute approximate surface area is 164 Å². The molecule has 28 heavy (non-hydrogen) atoms. The maximum atomic E-state index is 12.7. The Kier molecular flexibility index (Phi) is 4.66. The molecule has 0 aliphatic heterocycles. The summed E-state index contributed by atoms with van der Waals surface area (Å²) in [6.07, 6.45) is 6.68. The molecule has 0 saturated heterocycles. The number of nitrogens with one attached hydrogen (secondary N) is 1. The molecule has 9 heteroatoms. The van der Waals surface area contributed by atoms with Crippen molar-refractivity contribution in [3.8, 4) is 22.8 Å². The standard InChI is InChI=1S/C19H17N5O3S/c1-11-15(12-4-5-13(26-2)14(10-12)27-3)22-19(28-11)23-18(25)16-17-21-7-9-24(17)8-6-20-16/h4-10H,1-3H3,(H,22,23,25). The zero-order valence-corrected chi connectivity index (χ0v) is 16.3. The Bertz CT molecular complexity index is 1170. The van der Waals surface area contributed by atoms with Crippen molar-refractivity contribution in [2.45, 2.75) is 6.92 Å². The lowest BCUT2D eigenvalue weighted by Gasteiger charge is -2.08. The zero-order chi connectivity index (χ0) is 19.7. The van der Waals surface area contributed by atoms with Gasteiger partial charge in [-0.25, -0.2) is 15.0 Å². The first-order valence-corrected chi connectivity index (χ1v) is 9.21. The van der Waals surface area contributed by atoms with Gasteiger partial charge in [0.1, 0.15) is 0 Å². The summed E-state index contributed by atoms with van der Waals surface area (Å²) >= 11 is 1.39. The summed E-state index contributed by atoms with van der Waals surface area (Å²) in [4.78, 5) is 26.6. The van der Waals surface area contributed by atoms with E-state index >= 15 is 0 Å². The molecule has 4 aromatic rings. The maximum absolute atomic E-state index is 12.7. The fraction of sp³-hybridized carbons (Fsp3) is 0.158. The van der Waals surface area contributed by atoms with Crippen LogP contribution >= 0.6 is 11.3 Å². The number of amides is 1. The zero-order valence-electron chi connectivity index (χ0n) is 15.5. The Morgan fingerprint density at radius 2 is 1.86 bits per heavy atom. The van der Waals surface area contributed by atoms with E-state index < -0.39 is 0 Å². The van der Waals surface area contributed by atoms with Crippen LogP contribution in [0.15, 0.2) is 43.0 Å². The summed E-state index contributed by atoms with van der Waals surface area (Å²) in [5.74, 6) is 0.907. The van der Waals surface area contributed by atoms with Crippen LogP contribution in [0.2, 0.25) is 0 Å². The van der Waals surface area contributed by atoms with Crippen LogP contribution in [0.25, 0.3) is 16.9 Å². The van der Waals surface area contributed by atoms with Gasteiger partial charge in [0.2, 0.25) is 0 Å². The summed E-state index contributed by atoms with van der Waals surface area (Å²) in [6.45, 7) is 1.95. The predicted molar refractivity (Wildman–Crippen MR) is 106 cm³/mol. The minimum absolute atomic E-state index is 0.244. The minimum atomic E-state index is -0.357. The van der Waals surface area contributed by atoms with Crippen molar-refractivity contribution >= 4 is 28.0 Å². The van der Waals surface area contributed by atoms with Crippen LogP contribution in [0.4, 0.5) is 5.13 Å². The molecule has 1 aromatic carbocycles. The molecular weight excluding hydrogens is 378 g/mol. The lowest BCUT2D eigenvalue weighted by molar-refractivity contribution is 0.102. The van der Waals surface area contributed by atoms with E-state index in [1.807, 2.05) is 25.1 Å². The number of rotatable bonds is 5. The van der Waals surface area contributed by atoms with Crippen LogP contribution in [-0.4, -0.2) is 39.5 Å². The van der Waals surface area contributed by atoms with E-state index in [2.05, 4.69) is 20.3 Å². The molecule has 0 radical (unpaired) electrons. The highest BCUT2D eigenvalue weighted by Gasteiger charge is 2.18. The van der Waals surface area contributed by atoms with Crippen molar-refractivity contribution in [2.24, 2.45) is 0 Å². The van der Waals surface area contributed by atoms with Gasteiger partial charge < -0.3 is 13.9 Å². The molecule has 0 aliphatic carbocycles. The average Bonchev–Trinajstić information content (AvgIpc) is 3.33. The van der Waals surface area contributed by atoms with Gasteiger partial charge in [0.15, 0.2) is 28.0 Å². The fourth-order valence-corrected chi connectivity index (χ4v) is 3.70. The molecule has 4 rings (SSSR count). The number of carbonyl (C=O) groups excluding carboxylic acids is 1. The molecule has 0 spiro atoms. The van der Waals surface area contributed by atoms with Gasteiger partial charge in [-0.3, -0.25) is 10.1 Å². The maximum Gasteiger partial charge on any atom is 0.279 e. The van der Waals surface area contributed by atoms with E-state index in [1.54, 1.807) is 43.4 Å². The second-order valence-corrected chi connectivity index (χ2v) is 7.08. The Balaban J connectivity index is 1.63. The van der Waals surface area contributed by atoms with Crippen LogP contribution in [0.5, 0.6) is 11.5 Å². The molecule has 3 heterocycles. The number of aromatic nitrogens is 4. The third-order valence-corrected chi connectivity index (χ3v) is 5.09. The number of ether oxygens (including phenoxy) is 2. The van der Waals surface area contributed by atoms with Gasteiger partial charge in [0.05, 0.1) is 19.9 Å². The van der Waals surface area contributed by atoms with Crippen molar-refractivity contribution in [1.82, 2.24) is 19.4 Å². The monoisotopic (exact) mass is 395 g/mol. The number of methoxy groups -OCH3 is 2. The summed E-state index contributed by atoms with van der Waals surface area (Å²) in [5, 5.41) is 3.31. The topological polar surface area (TPSA) is 90.6 Å². The number of carbonyl (C=O) groups is 1. The minimum Gasteiger partial charge on any atom is -0.493 e. The second kappa shape index (κ2) is 7.28. The predicted octanol–water partition coefficient (Wildman–Crippen LogP) is 3.43. The van der Waals surface area contributed by atoms with Gasteiger partial charge in [0.25, 0.3) is 5.91 Å². The number of benzene rings is 1. The van der Waals surface area contributed by atoms with E-state index in [0.717, 1.165) is 16.1 Å². The number of nitrogens with zero attached hydrogens (tertiary/aromatic N) is 4. The highest BCUT2D eigenvalue weighted by Crippen LogP contribution is 2.36. The van der Waals surface area contributed by atoms with Gasteiger partial charge in [-0.05, 0) is 25.1 Å². The van der Waals surface area contributed by atoms with Gasteiger partial charge in [-0.1, -0.05) is 0 Å². The van der Waals surface area contributed by atoms with Crippen LogP contribution in [0.1, 0.15) is 15.4 Å². The number of hydrogen-bond acceptors (Lipinski definition) is 7. The highest BCUT2D eigenvalue weighted by molar-refractivity contribution is 7.16. The number of fused-ring (bicyclic) bond motifs is 1. The lowest BCUT2D eigenvalue weighted by Crippen LogP contribution is -2.15. The third-order valence-electron chi connectivity index (χ3n) is 4.20. The Morgan fingerprint density at radius 3 is 2.61 bits per heavy atom. The van der Waals surface area contributed by atoms with Crippen molar-refractivity contribution in [3.05, 3.63) is 53.6 Å². The summed E-state index contributed by atoms with van der Waals surface area (Å²) < 4.78 is 12.4. The number of imidazole rings is 1. The lowest BCUT2D eigenvalue weighted by atomic mass is 10.1. The smallest absolute Gasteiger partial charge is 0.279 e. The molecule has 0 saturated carbocycles. The van der Waals surface area contributed by atoms with E-state index in [4.69, 9.17) is 9.47 Å². The Hall–Kier alpha value is -3.46. The first-order valence-electron chi connectivity index (χ1n) is 8.39. The average molecular weight is 395 g/mol. The molecule has 0 fully saturated rings. The summed E-state index contributed by atoms with van der Waals surface area (Å²) in [5.41, 5.74) is 2.38. The first kappa shape index (κ1) is 17.9. The van der Waals surface area contributed by atoms with Gasteiger partial charge >= 0.3 is 0 Å². The number of hydrogen-bond donors (Lipinski definition) is 1. The quantitative estimate of drug-likeness (QED) is 0.557. The number of thiazole rings is 1. The van der Waals surface area contributed by atoms with Crippen LogP contribution in [0, 0.1) is 6.92 Å². The normalized spacial score (nSPS) is 10.8. The molecule has 1 N–H and O–H groups in total.